The fourth-order valence-electron chi connectivity index (χ4n) is 1.48. The molecule has 0 bridgehead atoms. The van der Waals surface area contributed by atoms with Crippen molar-refractivity contribution in [1.29, 1.82) is 0 Å². The first kappa shape index (κ1) is 15.1. The molecule has 5 nitrogen and oxygen atoms in total. The molecule has 0 radical (unpaired) electrons. The standard InChI is InChI=1S/C12H21N3O2S/c1-12(2,3)15-18(16,17)14-9-11-6-4-5-10(7-11)8-13/h4-7,14-15H,8-9,13H2,1-3H3. The molecule has 0 amide bonds. The van der Waals surface area contributed by atoms with Crippen LogP contribution in [0.5, 0.6) is 0 Å². The van der Waals surface area contributed by atoms with Gasteiger partial charge >= 0.3 is 0 Å². The van der Waals surface area contributed by atoms with Crippen LogP contribution in [0.25, 0.3) is 0 Å². The number of nitrogens with one attached hydrogen (secondary N) is 2. The van der Waals surface area contributed by atoms with Gasteiger partial charge in [0.25, 0.3) is 10.2 Å². The first-order valence-corrected chi connectivity index (χ1v) is 7.27. The van der Waals surface area contributed by atoms with Crippen molar-refractivity contribution in [2.24, 2.45) is 5.73 Å². The largest absolute Gasteiger partial charge is 0.326 e. The lowest BCUT2D eigenvalue weighted by Crippen LogP contribution is -2.46. The summed E-state index contributed by atoms with van der Waals surface area (Å²) in [7, 11) is -3.49. The third-order valence-electron chi connectivity index (χ3n) is 2.13. The highest BCUT2D eigenvalue weighted by Gasteiger charge is 2.19. The summed E-state index contributed by atoms with van der Waals surface area (Å²) in [5.41, 5.74) is 6.91. The van der Waals surface area contributed by atoms with Crippen molar-refractivity contribution in [2.45, 2.75) is 39.4 Å². The highest BCUT2D eigenvalue weighted by molar-refractivity contribution is 7.87. The second-order valence-corrected chi connectivity index (χ2v) is 6.70. The monoisotopic (exact) mass is 271 g/mol. The Morgan fingerprint density at radius 1 is 1.22 bits per heavy atom. The average Bonchev–Trinajstić information content (AvgIpc) is 2.24. The molecule has 0 unspecified atom stereocenters. The van der Waals surface area contributed by atoms with E-state index in [4.69, 9.17) is 5.73 Å². The van der Waals surface area contributed by atoms with Gasteiger partial charge in [-0.05, 0) is 31.9 Å². The van der Waals surface area contributed by atoms with Crippen molar-refractivity contribution in [3.05, 3.63) is 35.4 Å². The molecule has 0 aliphatic carbocycles. The average molecular weight is 271 g/mol. The maximum Gasteiger partial charge on any atom is 0.277 e. The Labute approximate surface area is 109 Å². The summed E-state index contributed by atoms with van der Waals surface area (Å²) in [5.74, 6) is 0. The van der Waals surface area contributed by atoms with Crippen LogP contribution in [0.4, 0.5) is 0 Å². The fourth-order valence-corrected chi connectivity index (χ4v) is 2.72. The normalized spacial score (nSPS) is 12.7. The van der Waals surface area contributed by atoms with Gasteiger partial charge in [-0.3, -0.25) is 0 Å². The van der Waals surface area contributed by atoms with E-state index in [0.717, 1.165) is 11.1 Å². The fraction of sp³-hybridized carbons (Fsp3) is 0.500. The van der Waals surface area contributed by atoms with Gasteiger partial charge in [0.1, 0.15) is 0 Å². The highest BCUT2D eigenvalue weighted by atomic mass is 32.2. The molecule has 1 aromatic rings. The molecule has 6 heteroatoms. The lowest BCUT2D eigenvalue weighted by molar-refractivity contribution is 0.483. The molecule has 4 N–H and O–H groups in total. The Hall–Kier alpha value is -0.950. The summed E-state index contributed by atoms with van der Waals surface area (Å²) in [5, 5.41) is 0. The molecular formula is C12H21N3O2S. The number of benzene rings is 1. The molecule has 0 spiro atoms. The molecular weight excluding hydrogens is 250 g/mol. The summed E-state index contributed by atoms with van der Waals surface area (Å²) in [6.45, 7) is 6.07. The number of hydrogen-bond acceptors (Lipinski definition) is 3. The molecule has 1 aromatic carbocycles. The van der Waals surface area contributed by atoms with Gasteiger partial charge in [-0.1, -0.05) is 24.3 Å². The quantitative estimate of drug-likeness (QED) is 0.743. The van der Waals surface area contributed by atoms with Gasteiger partial charge in [0.05, 0.1) is 0 Å². The van der Waals surface area contributed by atoms with Crippen LogP contribution < -0.4 is 15.2 Å². The lowest BCUT2D eigenvalue weighted by Gasteiger charge is -2.20. The molecule has 0 fully saturated rings. The van der Waals surface area contributed by atoms with Gasteiger partial charge in [-0.2, -0.15) is 17.9 Å². The molecule has 0 atom stereocenters. The van der Waals surface area contributed by atoms with E-state index < -0.39 is 15.7 Å². The molecule has 1 rings (SSSR count). The van der Waals surface area contributed by atoms with E-state index in [2.05, 4.69) is 9.44 Å². The van der Waals surface area contributed by atoms with Gasteiger partial charge < -0.3 is 5.73 Å². The SMILES string of the molecule is CC(C)(C)NS(=O)(=O)NCc1cccc(CN)c1. The van der Waals surface area contributed by atoms with E-state index in [0.29, 0.717) is 6.54 Å². The smallest absolute Gasteiger partial charge is 0.277 e. The first-order chi connectivity index (χ1) is 8.22. The molecule has 0 saturated carbocycles. The van der Waals surface area contributed by atoms with Crippen LogP contribution in [-0.4, -0.2) is 14.0 Å². The minimum Gasteiger partial charge on any atom is -0.326 e. The number of rotatable bonds is 5. The Kier molecular flexibility index (Phi) is 4.86. The minimum absolute atomic E-state index is 0.249. The maximum atomic E-state index is 11.7. The predicted molar refractivity (Wildman–Crippen MR) is 73.0 cm³/mol. The Balaban J connectivity index is 2.64. The van der Waals surface area contributed by atoms with Crippen LogP contribution >= 0.6 is 0 Å². The summed E-state index contributed by atoms with van der Waals surface area (Å²) in [4.78, 5) is 0. The topological polar surface area (TPSA) is 84.2 Å². The van der Waals surface area contributed by atoms with Crippen LogP contribution in [0, 0.1) is 0 Å². The van der Waals surface area contributed by atoms with Crippen LogP contribution in [0.15, 0.2) is 24.3 Å². The predicted octanol–water partition coefficient (Wildman–Crippen LogP) is 0.868. The summed E-state index contributed by atoms with van der Waals surface area (Å²) < 4.78 is 28.5. The van der Waals surface area contributed by atoms with E-state index in [-0.39, 0.29) is 6.54 Å². The zero-order chi connectivity index (χ0) is 13.8. The summed E-state index contributed by atoms with van der Waals surface area (Å²) in [6.07, 6.45) is 0. The lowest BCUT2D eigenvalue weighted by atomic mass is 10.1. The molecule has 0 aliphatic rings. The summed E-state index contributed by atoms with van der Waals surface area (Å²) in [6, 6.07) is 7.52. The van der Waals surface area contributed by atoms with E-state index in [9.17, 15) is 8.42 Å². The second-order valence-electron chi connectivity index (χ2n) is 5.20. The Bertz CT molecular complexity index is 492. The first-order valence-electron chi connectivity index (χ1n) is 5.78. The highest BCUT2D eigenvalue weighted by Crippen LogP contribution is 2.05. The third-order valence-corrected chi connectivity index (χ3v) is 3.54. The van der Waals surface area contributed by atoms with E-state index in [1.165, 1.54) is 0 Å². The number of nitrogens with two attached hydrogens (primary N) is 1. The van der Waals surface area contributed by atoms with Gasteiger partial charge in [0.15, 0.2) is 0 Å². The van der Waals surface area contributed by atoms with Crippen LogP contribution in [0.3, 0.4) is 0 Å². The summed E-state index contributed by atoms with van der Waals surface area (Å²) >= 11 is 0. The molecule has 0 aliphatic heterocycles. The molecule has 18 heavy (non-hydrogen) atoms. The van der Waals surface area contributed by atoms with Gasteiger partial charge in [0, 0.05) is 18.6 Å². The Morgan fingerprint density at radius 2 is 1.83 bits per heavy atom. The van der Waals surface area contributed by atoms with E-state index in [1.807, 2.05) is 24.3 Å². The maximum absolute atomic E-state index is 11.7. The molecule has 0 heterocycles. The van der Waals surface area contributed by atoms with Crippen molar-refractivity contribution < 1.29 is 8.42 Å². The number of hydrogen-bond donors (Lipinski definition) is 3. The van der Waals surface area contributed by atoms with Crippen molar-refractivity contribution in [3.8, 4) is 0 Å². The zero-order valence-corrected chi connectivity index (χ0v) is 11.8. The van der Waals surface area contributed by atoms with Gasteiger partial charge in [-0.15, -0.1) is 0 Å². The zero-order valence-electron chi connectivity index (χ0n) is 11.0. The minimum atomic E-state index is -3.49. The van der Waals surface area contributed by atoms with Crippen molar-refractivity contribution >= 4 is 10.2 Å². The van der Waals surface area contributed by atoms with Gasteiger partial charge in [0.2, 0.25) is 0 Å². The van der Waals surface area contributed by atoms with E-state index >= 15 is 0 Å². The third kappa shape index (κ3) is 5.59. The van der Waals surface area contributed by atoms with Crippen molar-refractivity contribution in [1.82, 2.24) is 9.44 Å². The van der Waals surface area contributed by atoms with Crippen molar-refractivity contribution in [2.75, 3.05) is 0 Å². The molecule has 0 saturated heterocycles. The van der Waals surface area contributed by atoms with Gasteiger partial charge in [-0.25, -0.2) is 0 Å². The van der Waals surface area contributed by atoms with Crippen molar-refractivity contribution in [3.63, 3.8) is 0 Å². The van der Waals surface area contributed by atoms with Crippen LogP contribution in [-0.2, 0) is 23.3 Å². The Morgan fingerprint density at radius 3 is 2.39 bits per heavy atom. The second kappa shape index (κ2) is 5.79. The molecule has 0 aromatic heterocycles. The van der Waals surface area contributed by atoms with E-state index in [1.54, 1.807) is 20.8 Å². The van der Waals surface area contributed by atoms with Crippen LogP contribution in [0.1, 0.15) is 31.9 Å². The van der Waals surface area contributed by atoms with Crippen LogP contribution in [0.2, 0.25) is 0 Å². The molecule has 102 valence electrons.